The molecule has 2 N–H and O–H groups in total. The van der Waals surface area contributed by atoms with Gasteiger partial charge in [0.05, 0.1) is 18.2 Å². The molecule has 11 nitrogen and oxygen atoms in total. The molecule has 0 bridgehead atoms. The van der Waals surface area contributed by atoms with Crippen LogP contribution >= 0.6 is 0 Å². The molecule has 3 saturated heterocycles. The zero-order chi connectivity index (χ0) is 30.1. The molecule has 1 unspecified atom stereocenters. The van der Waals surface area contributed by atoms with Crippen molar-refractivity contribution in [2.75, 3.05) is 46.4 Å². The van der Waals surface area contributed by atoms with Crippen LogP contribution in [-0.4, -0.2) is 99.8 Å². The number of aromatic nitrogens is 3. The van der Waals surface area contributed by atoms with Gasteiger partial charge < -0.3 is 24.8 Å². The lowest BCUT2D eigenvalue weighted by Gasteiger charge is -2.35. The van der Waals surface area contributed by atoms with Crippen LogP contribution in [0.3, 0.4) is 0 Å². The summed E-state index contributed by atoms with van der Waals surface area (Å²) in [6.45, 7) is 2.43. The number of hydrogen-bond acceptors (Lipinski definition) is 5. The van der Waals surface area contributed by atoms with Crippen molar-refractivity contribution in [3.05, 3.63) is 64.2 Å². The molecule has 0 radical (unpaired) electrons. The van der Waals surface area contributed by atoms with Gasteiger partial charge in [0.15, 0.2) is 17.3 Å². The van der Waals surface area contributed by atoms with E-state index in [1.54, 1.807) is 44.6 Å². The van der Waals surface area contributed by atoms with Crippen LogP contribution in [0.4, 0.5) is 18.4 Å². The number of nitrogens with zero attached hydrogens (tertiary/aromatic N) is 5. The summed E-state index contributed by atoms with van der Waals surface area (Å²) in [6.07, 6.45) is 4.57. The van der Waals surface area contributed by atoms with Gasteiger partial charge in [0, 0.05) is 64.0 Å². The number of aromatic amines is 1. The number of imidazole rings is 1. The number of amides is 4. The largest absolute Gasteiger partial charge is 0.379 e. The number of piperidine rings is 1. The number of nitrogens with one attached hydrogen (secondary N) is 2. The Labute approximate surface area is 247 Å². The van der Waals surface area contributed by atoms with Gasteiger partial charge in [0.2, 0.25) is 0 Å². The summed E-state index contributed by atoms with van der Waals surface area (Å²) in [6, 6.07) is 6.84. The lowest BCUT2D eigenvalue weighted by atomic mass is 9.93. The van der Waals surface area contributed by atoms with Crippen molar-refractivity contribution in [3.63, 3.8) is 0 Å². The molecule has 3 aliphatic heterocycles. The molecule has 43 heavy (non-hydrogen) atoms. The standard InChI is InChI=1S/C30H37F2N7O4/c1-36(22-11-15-43-18-22)30(42)38-16-19(23-4-2-5-24(31)26(23)32)7-8-20(17-38)34-28(40)37-13-9-21(10-14-37)39-25-6-3-12-33-27(25)35-29(39)41/h2-6,12,19-22H,7-11,13-18H2,1H3,(H,34,40)(H,33,35,41)/t19-,20-,22?/m1/s1. The second-order valence-corrected chi connectivity index (χ2v) is 11.8. The first-order valence-corrected chi connectivity index (χ1v) is 14.9. The van der Waals surface area contributed by atoms with E-state index in [1.807, 2.05) is 6.07 Å². The van der Waals surface area contributed by atoms with Crippen molar-refractivity contribution < 1.29 is 23.1 Å². The van der Waals surface area contributed by atoms with Crippen LogP contribution in [0.5, 0.6) is 0 Å². The van der Waals surface area contributed by atoms with Gasteiger partial charge >= 0.3 is 17.8 Å². The molecular formula is C30H37F2N7O4. The molecule has 230 valence electrons. The molecule has 3 fully saturated rings. The highest BCUT2D eigenvalue weighted by atomic mass is 19.2. The van der Waals surface area contributed by atoms with E-state index in [4.69, 9.17) is 4.74 Å². The first-order chi connectivity index (χ1) is 20.8. The number of ether oxygens (including phenoxy) is 1. The monoisotopic (exact) mass is 597 g/mol. The summed E-state index contributed by atoms with van der Waals surface area (Å²) in [5.74, 6) is -2.23. The predicted molar refractivity (Wildman–Crippen MR) is 155 cm³/mol. The smallest absolute Gasteiger partial charge is 0.327 e. The lowest BCUT2D eigenvalue weighted by molar-refractivity contribution is 0.128. The zero-order valence-corrected chi connectivity index (χ0v) is 24.2. The van der Waals surface area contributed by atoms with Gasteiger partial charge in [0.1, 0.15) is 0 Å². The summed E-state index contributed by atoms with van der Waals surface area (Å²) in [7, 11) is 1.73. The van der Waals surface area contributed by atoms with Gasteiger partial charge in [-0.1, -0.05) is 12.1 Å². The van der Waals surface area contributed by atoms with E-state index in [1.165, 1.54) is 6.07 Å². The van der Waals surface area contributed by atoms with E-state index < -0.39 is 17.6 Å². The normalized spacial score (nSPS) is 23.4. The summed E-state index contributed by atoms with van der Waals surface area (Å²) in [4.78, 5) is 51.7. The molecule has 3 aliphatic rings. The Kier molecular flexibility index (Phi) is 8.33. The highest BCUT2D eigenvalue weighted by Gasteiger charge is 2.35. The summed E-state index contributed by atoms with van der Waals surface area (Å²) in [5.41, 5.74) is 1.32. The van der Waals surface area contributed by atoms with Crippen molar-refractivity contribution in [2.24, 2.45) is 0 Å². The quantitative estimate of drug-likeness (QED) is 0.478. The molecule has 3 aromatic rings. The second kappa shape index (κ2) is 12.3. The minimum absolute atomic E-state index is 0.0579. The first-order valence-electron chi connectivity index (χ1n) is 14.9. The maximum absolute atomic E-state index is 14.8. The Balaban J connectivity index is 1.14. The van der Waals surface area contributed by atoms with Crippen molar-refractivity contribution in [2.45, 2.75) is 56.1 Å². The first kappa shape index (κ1) is 29.1. The fraction of sp³-hybridized carbons (Fsp3) is 0.533. The minimum atomic E-state index is -0.917. The highest BCUT2D eigenvalue weighted by Crippen LogP contribution is 2.31. The topological polar surface area (TPSA) is 116 Å². The number of pyridine rings is 1. The van der Waals surface area contributed by atoms with Gasteiger partial charge in [-0.15, -0.1) is 0 Å². The third-order valence-corrected chi connectivity index (χ3v) is 9.13. The van der Waals surface area contributed by atoms with Crippen LogP contribution in [0.1, 0.15) is 49.6 Å². The molecule has 13 heteroatoms. The summed E-state index contributed by atoms with van der Waals surface area (Å²) in [5, 5.41) is 3.11. The number of carbonyl (C=O) groups is 2. The number of fused-ring (bicyclic) bond motifs is 1. The van der Waals surface area contributed by atoms with Crippen molar-refractivity contribution >= 4 is 23.2 Å². The third kappa shape index (κ3) is 5.95. The molecular weight excluding hydrogens is 560 g/mol. The molecule has 0 saturated carbocycles. The van der Waals surface area contributed by atoms with Gasteiger partial charge in [-0.25, -0.2) is 28.1 Å². The Hall–Kier alpha value is -4.00. The molecule has 6 rings (SSSR count). The van der Waals surface area contributed by atoms with E-state index in [0.29, 0.717) is 57.6 Å². The van der Waals surface area contributed by atoms with Crippen LogP contribution in [-0.2, 0) is 4.74 Å². The van der Waals surface area contributed by atoms with E-state index in [-0.39, 0.29) is 54.5 Å². The van der Waals surface area contributed by atoms with E-state index in [9.17, 15) is 23.2 Å². The van der Waals surface area contributed by atoms with E-state index in [0.717, 1.165) is 18.0 Å². The van der Waals surface area contributed by atoms with Crippen molar-refractivity contribution in [3.8, 4) is 0 Å². The highest BCUT2D eigenvalue weighted by molar-refractivity contribution is 5.76. The molecule has 0 spiro atoms. The van der Waals surface area contributed by atoms with Crippen LogP contribution in [0.25, 0.3) is 11.2 Å². The van der Waals surface area contributed by atoms with Crippen LogP contribution in [0.2, 0.25) is 0 Å². The van der Waals surface area contributed by atoms with Crippen molar-refractivity contribution in [1.29, 1.82) is 0 Å². The molecule has 3 atom stereocenters. The number of hydrogen-bond donors (Lipinski definition) is 2. The Morgan fingerprint density at radius 2 is 1.86 bits per heavy atom. The Morgan fingerprint density at radius 3 is 2.63 bits per heavy atom. The number of likely N-dealkylation sites (N-methyl/N-ethyl adjacent to an activating group) is 1. The Bertz CT molecular complexity index is 1530. The number of urea groups is 2. The number of carbonyl (C=O) groups excluding carboxylic acids is 2. The predicted octanol–water partition coefficient (Wildman–Crippen LogP) is 3.44. The third-order valence-electron chi connectivity index (χ3n) is 9.13. The van der Waals surface area contributed by atoms with Gasteiger partial charge in [0.25, 0.3) is 0 Å². The van der Waals surface area contributed by atoms with Crippen molar-refractivity contribution in [1.82, 2.24) is 34.6 Å². The average molecular weight is 598 g/mol. The maximum atomic E-state index is 14.8. The summed E-state index contributed by atoms with van der Waals surface area (Å²) >= 11 is 0. The number of benzene rings is 1. The minimum Gasteiger partial charge on any atom is -0.379 e. The zero-order valence-electron chi connectivity index (χ0n) is 24.2. The van der Waals surface area contributed by atoms with Gasteiger partial charge in [-0.2, -0.15) is 0 Å². The van der Waals surface area contributed by atoms with E-state index in [2.05, 4.69) is 15.3 Å². The number of H-pyrrole nitrogens is 1. The fourth-order valence-electron chi connectivity index (χ4n) is 6.68. The lowest BCUT2D eigenvalue weighted by Crippen LogP contribution is -2.53. The number of likely N-dealkylation sites (tertiary alicyclic amines) is 2. The second-order valence-electron chi connectivity index (χ2n) is 11.8. The molecule has 5 heterocycles. The fourth-order valence-corrected chi connectivity index (χ4v) is 6.68. The van der Waals surface area contributed by atoms with E-state index >= 15 is 0 Å². The number of halogens is 2. The molecule has 2 aromatic heterocycles. The molecule has 1 aromatic carbocycles. The van der Waals surface area contributed by atoms with Crippen LogP contribution < -0.4 is 11.0 Å². The maximum Gasteiger partial charge on any atom is 0.327 e. The van der Waals surface area contributed by atoms with Gasteiger partial charge in [-0.05, 0) is 55.9 Å². The average Bonchev–Trinajstić information content (AvgIpc) is 3.61. The number of rotatable bonds is 4. The van der Waals surface area contributed by atoms with Gasteiger partial charge in [-0.3, -0.25) is 9.55 Å². The molecule has 4 amide bonds. The molecule has 0 aliphatic carbocycles. The SMILES string of the molecule is CN(C(=O)N1C[C@H](NC(=O)N2CCC(n3c(=O)[nH]c4ncccc43)CC2)CC[C@@H](c2cccc(F)c2F)C1)C1CCOC1. The van der Waals surface area contributed by atoms with Crippen LogP contribution in [0, 0.1) is 11.6 Å². The van der Waals surface area contributed by atoms with Crippen LogP contribution in [0.15, 0.2) is 41.3 Å². The summed E-state index contributed by atoms with van der Waals surface area (Å²) < 4.78 is 36.2. The Morgan fingerprint density at radius 1 is 1.05 bits per heavy atom.